The third kappa shape index (κ3) is 5.83. The van der Waals surface area contributed by atoms with Gasteiger partial charge in [0, 0.05) is 10.6 Å². The molecule has 0 aliphatic carbocycles. The normalized spacial score (nSPS) is 10.5. The van der Waals surface area contributed by atoms with Crippen molar-refractivity contribution in [2.24, 2.45) is 5.10 Å². The lowest BCUT2D eigenvalue weighted by Crippen LogP contribution is -2.17. The molecule has 0 radical (unpaired) electrons. The van der Waals surface area contributed by atoms with E-state index in [1.54, 1.807) is 73.8 Å². The van der Waals surface area contributed by atoms with Crippen molar-refractivity contribution in [2.45, 2.75) is 0 Å². The molecular formula is C23H19ClN2O5. The van der Waals surface area contributed by atoms with Crippen LogP contribution in [0.25, 0.3) is 0 Å². The molecule has 1 N–H and O–H groups in total. The fourth-order valence-electron chi connectivity index (χ4n) is 2.59. The van der Waals surface area contributed by atoms with Crippen LogP contribution in [0.1, 0.15) is 26.3 Å². The SMILES string of the molecule is COc1ccc(C(=O)Oc2ccc(C=NNC(=O)c3cccc(Cl)c3)cc2OC)cc1. The number of halogens is 1. The van der Waals surface area contributed by atoms with Crippen LogP contribution < -0.4 is 19.6 Å². The molecule has 0 unspecified atom stereocenters. The predicted octanol–water partition coefficient (Wildman–Crippen LogP) is 4.34. The lowest BCUT2D eigenvalue weighted by Gasteiger charge is -2.10. The van der Waals surface area contributed by atoms with Crippen LogP contribution in [0.3, 0.4) is 0 Å². The molecule has 158 valence electrons. The molecule has 0 aromatic heterocycles. The van der Waals surface area contributed by atoms with E-state index < -0.39 is 11.9 Å². The molecule has 0 heterocycles. The molecule has 0 aliphatic heterocycles. The van der Waals surface area contributed by atoms with Gasteiger partial charge in [-0.2, -0.15) is 5.10 Å². The molecule has 3 aromatic rings. The van der Waals surface area contributed by atoms with Crippen molar-refractivity contribution in [1.82, 2.24) is 5.43 Å². The summed E-state index contributed by atoms with van der Waals surface area (Å²) in [6.45, 7) is 0. The second kappa shape index (κ2) is 10.3. The van der Waals surface area contributed by atoms with Gasteiger partial charge < -0.3 is 14.2 Å². The van der Waals surface area contributed by atoms with E-state index in [-0.39, 0.29) is 5.75 Å². The molecule has 0 saturated carbocycles. The minimum Gasteiger partial charge on any atom is -0.497 e. The first kappa shape index (κ1) is 21.9. The first-order valence-electron chi connectivity index (χ1n) is 9.13. The number of amides is 1. The molecule has 0 atom stereocenters. The van der Waals surface area contributed by atoms with Crippen LogP contribution in [-0.4, -0.2) is 32.3 Å². The van der Waals surface area contributed by atoms with Crippen LogP contribution in [0.15, 0.2) is 71.8 Å². The van der Waals surface area contributed by atoms with E-state index in [1.807, 2.05) is 0 Å². The number of ether oxygens (including phenoxy) is 3. The number of hydrogen-bond donors (Lipinski definition) is 1. The third-order valence-electron chi connectivity index (χ3n) is 4.18. The Morgan fingerprint density at radius 1 is 0.903 bits per heavy atom. The highest BCUT2D eigenvalue weighted by Crippen LogP contribution is 2.28. The quantitative estimate of drug-likeness (QED) is 0.256. The summed E-state index contributed by atoms with van der Waals surface area (Å²) in [5, 5.41) is 4.39. The number of methoxy groups -OCH3 is 2. The highest BCUT2D eigenvalue weighted by Gasteiger charge is 2.13. The highest BCUT2D eigenvalue weighted by molar-refractivity contribution is 6.30. The number of nitrogens with zero attached hydrogens (tertiary/aromatic N) is 1. The number of carbonyl (C=O) groups is 2. The monoisotopic (exact) mass is 438 g/mol. The zero-order valence-corrected chi connectivity index (χ0v) is 17.6. The third-order valence-corrected chi connectivity index (χ3v) is 4.42. The van der Waals surface area contributed by atoms with E-state index in [4.69, 9.17) is 25.8 Å². The average Bonchev–Trinajstić information content (AvgIpc) is 2.79. The van der Waals surface area contributed by atoms with Crippen LogP contribution in [-0.2, 0) is 0 Å². The number of carbonyl (C=O) groups excluding carboxylic acids is 2. The molecule has 0 saturated heterocycles. The van der Waals surface area contributed by atoms with Crippen molar-refractivity contribution >= 4 is 29.7 Å². The van der Waals surface area contributed by atoms with Crippen molar-refractivity contribution in [2.75, 3.05) is 14.2 Å². The van der Waals surface area contributed by atoms with Gasteiger partial charge in [-0.1, -0.05) is 17.7 Å². The molecule has 7 nitrogen and oxygen atoms in total. The molecule has 3 rings (SSSR count). The number of hydrogen-bond acceptors (Lipinski definition) is 6. The van der Waals surface area contributed by atoms with Crippen molar-refractivity contribution in [3.63, 3.8) is 0 Å². The maximum absolute atomic E-state index is 12.4. The Balaban J connectivity index is 1.66. The Kier molecular flexibility index (Phi) is 7.24. The molecule has 0 spiro atoms. The first-order valence-corrected chi connectivity index (χ1v) is 9.51. The first-order chi connectivity index (χ1) is 15.0. The van der Waals surface area contributed by atoms with Crippen molar-refractivity contribution in [3.05, 3.63) is 88.4 Å². The van der Waals surface area contributed by atoms with Gasteiger partial charge in [0.15, 0.2) is 11.5 Å². The van der Waals surface area contributed by atoms with Gasteiger partial charge in [-0.15, -0.1) is 0 Å². The summed E-state index contributed by atoms with van der Waals surface area (Å²) >= 11 is 5.88. The summed E-state index contributed by atoms with van der Waals surface area (Å²) < 4.78 is 15.8. The van der Waals surface area contributed by atoms with Crippen LogP contribution in [0.5, 0.6) is 17.2 Å². The molecule has 0 bridgehead atoms. The lowest BCUT2D eigenvalue weighted by molar-refractivity contribution is 0.0729. The van der Waals surface area contributed by atoms with E-state index in [9.17, 15) is 9.59 Å². The lowest BCUT2D eigenvalue weighted by atomic mass is 10.2. The maximum Gasteiger partial charge on any atom is 0.343 e. The van der Waals surface area contributed by atoms with Crippen molar-refractivity contribution in [3.8, 4) is 17.2 Å². The Bertz CT molecular complexity index is 1110. The summed E-state index contributed by atoms with van der Waals surface area (Å²) in [5.74, 6) is 0.308. The second-order valence-electron chi connectivity index (χ2n) is 6.24. The summed E-state index contributed by atoms with van der Waals surface area (Å²) in [5.41, 5.74) is 3.82. The summed E-state index contributed by atoms with van der Waals surface area (Å²) in [6.07, 6.45) is 1.44. The molecule has 3 aromatic carbocycles. The van der Waals surface area contributed by atoms with E-state index >= 15 is 0 Å². The second-order valence-corrected chi connectivity index (χ2v) is 6.67. The number of esters is 1. The molecule has 8 heteroatoms. The minimum atomic E-state index is -0.531. The van der Waals surface area contributed by atoms with Crippen molar-refractivity contribution < 1.29 is 23.8 Å². The zero-order chi connectivity index (χ0) is 22.2. The molecule has 1 amide bonds. The summed E-state index contributed by atoms with van der Waals surface area (Å²) in [4.78, 5) is 24.5. The number of hydrazone groups is 1. The van der Waals surface area contributed by atoms with E-state index in [2.05, 4.69) is 10.5 Å². The number of rotatable bonds is 7. The van der Waals surface area contributed by atoms with E-state index in [1.165, 1.54) is 13.3 Å². The predicted molar refractivity (Wildman–Crippen MR) is 117 cm³/mol. The van der Waals surface area contributed by atoms with Gasteiger partial charge in [-0.3, -0.25) is 4.79 Å². The topological polar surface area (TPSA) is 86.2 Å². The number of nitrogens with one attached hydrogen (secondary N) is 1. The largest absolute Gasteiger partial charge is 0.497 e. The van der Waals surface area contributed by atoms with Gasteiger partial charge in [0.2, 0.25) is 0 Å². The zero-order valence-electron chi connectivity index (χ0n) is 16.8. The maximum atomic E-state index is 12.4. The summed E-state index contributed by atoms with van der Waals surface area (Å²) in [7, 11) is 3.01. The Morgan fingerprint density at radius 2 is 1.68 bits per heavy atom. The standard InChI is InChI=1S/C23H19ClN2O5/c1-29-19-9-7-16(8-10-19)23(28)31-20-11-6-15(12-21(20)30-2)14-25-26-22(27)17-4-3-5-18(24)13-17/h3-14H,1-2H3,(H,26,27). The molecule has 0 fully saturated rings. The Hall–Kier alpha value is -3.84. The molecular weight excluding hydrogens is 420 g/mol. The van der Waals surface area contributed by atoms with Crippen LogP contribution in [0.4, 0.5) is 0 Å². The fraction of sp³-hybridized carbons (Fsp3) is 0.0870. The summed E-state index contributed by atoms with van der Waals surface area (Å²) in [6, 6.07) is 18.0. The van der Waals surface area contributed by atoms with Gasteiger partial charge in [0.05, 0.1) is 26.0 Å². The molecule has 31 heavy (non-hydrogen) atoms. The van der Waals surface area contributed by atoms with Crippen LogP contribution >= 0.6 is 11.6 Å². The van der Waals surface area contributed by atoms with Gasteiger partial charge >= 0.3 is 5.97 Å². The van der Waals surface area contributed by atoms with E-state index in [0.717, 1.165) is 0 Å². The minimum absolute atomic E-state index is 0.253. The molecule has 0 aliphatic rings. The van der Waals surface area contributed by atoms with Gasteiger partial charge in [-0.05, 0) is 66.2 Å². The van der Waals surface area contributed by atoms with Crippen molar-refractivity contribution in [1.29, 1.82) is 0 Å². The van der Waals surface area contributed by atoms with Crippen LogP contribution in [0, 0.1) is 0 Å². The van der Waals surface area contributed by atoms with Crippen LogP contribution in [0.2, 0.25) is 5.02 Å². The Morgan fingerprint density at radius 3 is 2.35 bits per heavy atom. The average molecular weight is 439 g/mol. The Labute approximate surface area is 184 Å². The van der Waals surface area contributed by atoms with Gasteiger partial charge in [-0.25, -0.2) is 10.2 Å². The highest BCUT2D eigenvalue weighted by atomic mass is 35.5. The van der Waals surface area contributed by atoms with Gasteiger partial charge in [0.1, 0.15) is 5.75 Å². The number of benzene rings is 3. The fourth-order valence-corrected chi connectivity index (χ4v) is 2.78. The van der Waals surface area contributed by atoms with Gasteiger partial charge in [0.25, 0.3) is 5.91 Å². The van der Waals surface area contributed by atoms with E-state index in [0.29, 0.717) is 33.2 Å². The smallest absolute Gasteiger partial charge is 0.343 e.